The molecule has 0 fully saturated rings. The van der Waals surface area contributed by atoms with Crippen molar-refractivity contribution in [2.45, 2.75) is 20.0 Å². The highest BCUT2D eigenvalue weighted by Gasteiger charge is 2.15. The predicted octanol–water partition coefficient (Wildman–Crippen LogP) is 3.79. The number of fused-ring (bicyclic) bond motifs is 1. The van der Waals surface area contributed by atoms with Crippen LogP contribution in [0.1, 0.15) is 16.7 Å². The molecule has 1 heterocycles. The molecule has 0 radical (unpaired) electrons. The smallest absolute Gasteiger partial charge is 0.123 e. The fourth-order valence-electron chi connectivity index (χ4n) is 2.63. The minimum absolute atomic E-state index is 0.471. The lowest BCUT2D eigenvalue weighted by atomic mass is 10.1. The molecular formula is C17H18N2O2. The number of nitrogens with zero attached hydrogens (tertiary/aromatic N) is 2. The Morgan fingerprint density at radius 1 is 1.19 bits per heavy atom. The molecule has 2 aromatic rings. The van der Waals surface area contributed by atoms with Gasteiger partial charge in [0.15, 0.2) is 0 Å². The molecule has 0 unspecified atom stereocenters. The van der Waals surface area contributed by atoms with Crippen molar-refractivity contribution in [3.8, 4) is 5.75 Å². The van der Waals surface area contributed by atoms with Crippen LogP contribution >= 0.6 is 0 Å². The zero-order chi connectivity index (χ0) is 14.7. The van der Waals surface area contributed by atoms with Crippen molar-refractivity contribution in [1.29, 1.82) is 0 Å². The zero-order valence-corrected chi connectivity index (χ0v) is 12.1. The lowest BCUT2D eigenvalue weighted by Crippen LogP contribution is -2.25. The van der Waals surface area contributed by atoms with E-state index >= 15 is 0 Å². The average molecular weight is 282 g/mol. The topological polar surface area (TPSA) is 41.9 Å². The van der Waals surface area contributed by atoms with Gasteiger partial charge in [0, 0.05) is 25.2 Å². The van der Waals surface area contributed by atoms with Crippen LogP contribution in [0.25, 0.3) is 0 Å². The van der Waals surface area contributed by atoms with Gasteiger partial charge in [0.1, 0.15) is 18.0 Å². The Morgan fingerprint density at radius 2 is 2.00 bits per heavy atom. The van der Waals surface area contributed by atoms with Gasteiger partial charge in [0.2, 0.25) is 0 Å². The summed E-state index contributed by atoms with van der Waals surface area (Å²) in [5.74, 6) is 0.989. The van der Waals surface area contributed by atoms with E-state index in [1.807, 2.05) is 12.1 Å². The summed E-state index contributed by atoms with van der Waals surface area (Å²) in [4.78, 5) is 12.8. The molecule has 4 nitrogen and oxygen atoms in total. The molecule has 4 heteroatoms. The maximum Gasteiger partial charge on any atom is 0.123 e. The van der Waals surface area contributed by atoms with E-state index < -0.39 is 0 Å². The lowest BCUT2D eigenvalue weighted by Gasteiger charge is -2.19. The summed E-state index contributed by atoms with van der Waals surface area (Å²) in [6.07, 6.45) is 0. The monoisotopic (exact) mass is 282 g/mol. The van der Waals surface area contributed by atoms with Gasteiger partial charge >= 0.3 is 0 Å². The van der Waals surface area contributed by atoms with Crippen LogP contribution in [0.2, 0.25) is 0 Å². The second-order valence-electron chi connectivity index (χ2n) is 5.43. The van der Waals surface area contributed by atoms with Gasteiger partial charge in [-0.2, -0.15) is 0 Å². The highest BCUT2D eigenvalue weighted by atomic mass is 16.5. The molecule has 0 amide bonds. The molecule has 0 atom stereocenters. The molecule has 0 aliphatic carbocycles. The third kappa shape index (κ3) is 3.28. The molecule has 0 saturated heterocycles. The SMILES string of the molecule is Cc1ccc2c(c1)CN(Cc1ccc(N=O)cc1)CCO2. The predicted molar refractivity (Wildman–Crippen MR) is 82.7 cm³/mol. The summed E-state index contributed by atoms with van der Waals surface area (Å²) in [7, 11) is 0. The molecule has 1 aliphatic heterocycles. The Kier molecular flexibility index (Phi) is 3.97. The fourth-order valence-corrected chi connectivity index (χ4v) is 2.63. The van der Waals surface area contributed by atoms with Crippen molar-refractivity contribution in [3.63, 3.8) is 0 Å². The van der Waals surface area contributed by atoms with Crippen LogP contribution in [0.4, 0.5) is 5.69 Å². The van der Waals surface area contributed by atoms with E-state index in [0.29, 0.717) is 12.3 Å². The second kappa shape index (κ2) is 6.06. The van der Waals surface area contributed by atoms with Crippen LogP contribution in [0.3, 0.4) is 0 Å². The minimum atomic E-state index is 0.471. The maximum absolute atomic E-state index is 10.4. The summed E-state index contributed by atoms with van der Waals surface area (Å²) >= 11 is 0. The molecule has 0 spiro atoms. The van der Waals surface area contributed by atoms with Gasteiger partial charge in [-0.05, 0) is 35.9 Å². The molecule has 0 saturated carbocycles. The standard InChI is InChI=1S/C17H18N2O2/c1-13-2-7-17-15(10-13)12-19(8-9-21-17)11-14-3-5-16(18-20)6-4-14/h2-7,10H,8-9,11-12H2,1H3. The van der Waals surface area contributed by atoms with E-state index in [9.17, 15) is 4.91 Å². The molecule has 0 aromatic heterocycles. The third-order valence-corrected chi connectivity index (χ3v) is 3.72. The molecule has 108 valence electrons. The number of ether oxygens (including phenoxy) is 1. The summed E-state index contributed by atoms with van der Waals surface area (Å²) < 4.78 is 5.81. The third-order valence-electron chi connectivity index (χ3n) is 3.72. The zero-order valence-electron chi connectivity index (χ0n) is 12.1. The highest BCUT2D eigenvalue weighted by molar-refractivity contribution is 5.39. The number of hydrogen-bond donors (Lipinski definition) is 0. The normalized spacial score (nSPS) is 14.9. The Labute approximate surface area is 124 Å². The van der Waals surface area contributed by atoms with E-state index in [2.05, 4.69) is 35.2 Å². The first-order chi connectivity index (χ1) is 10.2. The van der Waals surface area contributed by atoms with Gasteiger partial charge in [0.05, 0.1) is 0 Å². The Bertz CT molecular complexity index is 638. The second-order valence-corrected chi connectivity index (χ2v) is 5.43. The summed E-state index contributed by atoms with van der Waals surface area (Å²) in [6.45, 7) is 5.41. The first-order valence-electron chi connectivity index (χ1n) is 7.11. The van der Waals surface area contributed by atoms with Gasteiger partial charge in [-0.1, -0.05) is 29.8 Å². The maximum atomic E-state index is 10.4. The van der Waals surface area contributed by atoms with E-state index in [4.69, 9.17) is 4.74 Å². The number of rotatable bonds is 3. The van der Waals surface area contributed by atoms with Gasteiger partial charge in [-0.25, -0.2) is 0 Å². The van der Waals surface area contributed by atoms with Crippen molar-refractivity contribution < 1.29 is 4.74 Å². The van der Waals surface area contributed by atoms with E-state index in [1.165, 1.54) is 16.7 Å². The van der Waals surface area contributed by atoms with Crippen molar-refractivity contribution in [2.24, 2.45) is 5.18 Å². The Hall–Kier alpha value is -2.20. The molecule has 21 heavy (non-hydrogen) atoms. The van der Waals surface area contributed by atoms with Crippen molar-refractivity contribution in [3.05, 3.63) is 64.1 Å². The molecular weight excluding hydrogens is 264 g/mol. The minimum Gasteiger partial charge on any atom is -0.492 e. The molecule has 1 aliphatic rings. The van der Waals surface area contributed by atoms with Crippen LogP contribution in [0.15, 0.2) is 47.6 Å². The number of hydrogen-bond acceptors (Lipinski definition) is 4. The molecule has 3 rings (SSSR count). The molecule has 2 aromatic carbocycles. The lowest BCUT2D eigenvalue weighted by molar-refractivity contribution is 0.219. The van der Waals surface area contributed by atoms with Crippen molar-refractivity contribution in [1.82, 2.24) is 4.90 Å². The number of nitroso groups, excluding NO2 is 1. The Morgan fingerprint density at radius 3 is 2.76 bits per heavy atom. The van der Waals surface area contributed by atoms with Crippen LogP contribution < -0.4 is 4.74 Å². The number of aryl methyl sites for hydroxylation is 1. The largest absolute Gasteiger partial charge is 0.492 e. The molecule has 0 N–H and O–H groups in total. The van der Waals surface area contributed by atoms with Crippen molar-refractivity contribution >= 4 is 5.69 Å². The van der Waals surface area contributed by atoms with Crippen LogP contribution in [-0.4, -0.2) is 18.1 Å². The first-order valence-corrected chi connectivity index (χ1v) is 7.11. The number of benzene rings is 2. The van der Waals surface area contributed by atoms with E-state index in [-0.39, 0.29) is 0 Å². The van der Waals surface area contributed by atoms with Crippen molar-refractivity contribution in [2.75, 3.05) is 13.2 Å². The van der Waals surface area contributed by atoms with Crippen LogP contribution in [0, 0.1) is 11.8 Å². The highest BCUT2D eigenvalue weighted by Crippen LogP contribution is 2.25. The van der Waals surface area contributed by atoms with Gasteiger partial charge < -0.3 is 4.74 Å². The van der Waals surface area contributed by atoms with Gasteiger partial charge in [-0.3, -0.25) is 4.90 Å². The summed E-state index contributed by atoms with van der Waals surface area (Å²) in [5.41, 5.74) is 4.14. The average Bonchev–Trinajstić information content (AvgIpc) is 2.69. The van der Waals surface area contributed by atoms with E-state index in [0.717, 1.165) is 25.4 Å². The first kappa shape index (κ1) is 13.8. The Balaban J connectivity index is 1.75. The summed E-state index contributed by atoms with van der Waals surface area (Å²) in [6, 6.07) is 13.8. The fraction of sp³-hybridized carbons (Fsp3) is 0.294. The van der Waals surface area contributed by atoms with E-state index in [1.54, 1.807) is 12.1 Å². The van der Waals surface area contributed by atoms with Crippen LogP contribution in [-0.2, 0) is 13.1 Å². The quantitative estimate of drug-likeness (QED) is 0.804. The van der Waals surface area contributed by atoms with Gasteiger partial charge in [0.25, 0.3) is 0 Å². The van der Waals surface area contributed by atoms with Crippen LogP contribution in [0.5, 0.6) is 5.75 Å². The molecule has 0 bridgehead atoms. The van der Waals surface area contributed by atoms with Gasteiger partial charge in [-0.15, -0.1) is 4.91 Å². The summed E-state index contributed by atoms with van der Waals surface area (Å²) in [5, 5.41) is 2.93.